The van der Waals surface area contributed by atoms with Crippen LogP contribution in [0.4, 0.5) is 10.5 Å². The minimum atomic E-state index is -0.285. The minimum Gasteiger partial charge on any atom is -0.338 e. The third kappa shape index (κ3) is 4.96. The van der Waals surface area contributed by atoms with E-state index in [4.69, 9.17) is 23.2 Å². The van der Waals surface area contributed by atoms with Crippen LogP contribution in [0, 0.1) is 6.92 Å². The van der Waals surface area contributed by atoms with Crippen molar-refractivity contribution in [1.29, 1.82) is 0 Å². The Morgan fingerprint density at radius 3 is 2.67 bits per heavy atom. The molecule has 0 aliphatic carbocycles. The van der Waals surface area contributed by atoms with Gasteiger partial charge in [-0.3, -0.25) is 0 Å². The third-order valence-electron chi connectivity index (χ3n) is 2.96. The zero-order valence-electron chi connectivity index (χ0n) is 11.6. The molecule has 0 heterocycles. The molecule has 0 spiro atoms. The van der Waals surface area contributed by atoms with E-state index in [-0.39, 0.29) is 6.03 Å². The van der Waals surface area contributed by atoms with E-state index in [1.165, 1.54) is 11.1 Å². The molecule has 21 heavy (non-hydrogen) atoms. The lowest BCUT2D eigenvalue weighted by atomic mass is 10.1. The number of urea groups is 1. The number of nitrogens with one attached hydrogen (secondary N) is 2. The summed E-state index contributed by atoms with van der Waals surface area (Å²) in [6.45, 7) is 2.60. The minimum absolute atomic E-state index is 0.285. The Balaban J connectivity index is 1.82. The Morgan fingerprint density at radius 1 is 1.14 bits per heavy atom. The van der Waals surface area contributed by atoms with E-state index in [1.807, 2.05) is 25.1 Å². The predicted octanol–water partition coefficient (Wildman–Crippen LogP) is 4.67. The average molecular weight is 323 g/mol. The van der Waals surface area contributed by atoms with E-state index in [1.54, 1.807) is 18.2 Å². The quantitative estimate of drug-likeness (QED) is 0.844. The summed E-state index contributed by atoms with van der Waals surface area (Å²) in [5, 5.41) is 6.44. The van der Waals surface area contributed by atoms with Crippen LogP contribution in [0.2, 0.25) is 10.0 Å². The van der Waals surface area contributed by atoms with Gasteiger partial charge in [0.1, 0.15) is 0 Å². The second kappa shape index (κ2) is 7.34. The zero-order chi connectivity index (χ0) is 15.2. The molecule has 5 heteroatoms. The lowest BCUT2D eigenvalue weighted by molar-refractivity contribution is 0.252. The molecule has 0 aliphatic rings. The van der Waals surface area contributed by atoms with E-state index in [2.05, 4.69) is 16.7 Å². The number of carbonyl (C=O) groups excluding carboxylic acids is 1. The van der Waals surface area contributed by atoms with Gasteiger partial charge in [-0.05, 0) is 37.1 Å². The lowest BCUT2D eigenvalue weighted by Crippen LogP contribution is -2.30. The van der Waals surface area contributed by atoms with E-state index >= 15 is 0 Å². The number of hydrogen-bond acceptors (Lipinski definition) is 1. The Kier molecular flexibility index (Phi) is 5.48. The second-order valence-corrected chi connectivity index (χ2v) is 5.59. The summed E-state index contributed by atoms with van der Waals surface area (Å²) in [6, 6.07) is 12.9. The van der Waals surface area contributed by atoms with Crippen molar-refractivity contribution in [3.05, 3.63) is 63.6 Å². The summed E-state index contributed by atoms with van der Waals surface area (Å²) in [4.78, 5) is 11.8. The van der Waals surface area contributed by atoms with Gasteiger partial charge in [0.05, 0.1) is 10.7 Å². The lowest BCUT2D eigenvalue weighted by Gasteiger charge is -2.09. The van der Waals surface area contributed by atoms with Gasteiger partial charge in [-0.25, -0.2) is 4.79 Å². The second-order valence-electron chi connectivity index (χ2n) is 4.74. The van der Waals surface area contributed by atoms with E-state index in [0.717, 1.165) is 6.42 Å². The summed E-state index contributed by atoms with van der Waals surface area (Å²) in [5.74, 6) is 0. The van der Waals surface area contributed by atoms with Gasteiger partial charge in [-0.15, -0.1) is 0 Å². The van der Waals surface area contributed by atoms with Crippen LogP contribution >= 0.6 is 23.2 Å². The molecule has 0 bridgehead atoms. The van der Waals surface area contributed by atoms with Crippen molar-refractivity contribution in [2.45, 2.75) is 13.3 Å². The van der Waals surface area contributed by atoms with Crippen LogP contribution in [0.15, 0.2) is 42.5 Å². The smallest absolute Gasteiger partial charge is 0.319 e. The van der Waals surface area contributed by atoms with E-state index in [9.17, 15) is 4.79 Å². The van der Waals surface area contributed by atoms with E-state index < -0.39 is 0 Å². The molecule has 0 aliphatic heterocycles. The highest BCUT2D eigenvalue weighted by Crippen LogP contribution is 2.25. The van der Waals surface area contributed by atoms with Gasteiger partial charge in [-0.1, -0.05) is 53.0 Å². The standard InChI is InChI=1S/C16H16Cl2N2O/c1-11-3-2-4-12(9-11)7-8-19-16(21)20-15-6-5-13(17)10-14(15)18/h2-6,9-10H,7-8H2,1H3,(H2,19,20,21). The number of rotatable bonds is 4. The number of halogens is 2. The van der Waals surface area contributed by atoms with Crippen molar-refractivity contribution >= 4 is 34.9 Å². The monoisotopic (exact) mass is 322 g/mol. The molecular weight excluding hydrogens is 307 g/mol. The fourth-order valence-electron chi connectivity index (χ4n) is 1.95. The third-order valence-corrected chi connectivity index (χ3v) is 3.51. The summed E-state index contributed by atoms with van der Waals surface area (Å²) in [5.41, 5.74) is 2.94. The summed E-state index contributed by atoms with van der Waals surface area (Å²) in [7, 11) is 0. The van der Waals surface area contributed by atoms with Crippen molar-refractivity contribution in [1.82, 2.24) is 5.32 Å². The van der Waals surface area contributed by atoms with Gasteiger partial charge in [0, 0.05) is 11.6 Å². The first-order valence-corrected chi connectivity index (χ1v) is 7.35. The van der Waals surface area contributed by atoms with Gasteiger partial charge < -0.3 is 10.6 Å². The number of anilines is 1. The number of hydrogen-bond donors (Lipinski definition) is 2. The van der Waals surface area contributed by atoms with Crippen LogP contribution in [0.1, 0.15) is 11.1 Å². The summed E-state index contributed by atoms with van der Waals surface area (Å²) < 4.78 is 0. The Bertz CT molecular complexity index is 644. The van der Waals surface area contributed by atoms with Gasteiger partial charge in [0.15, 0.2) is 0 Å². The molecule has 110 valence electrons. The fraction of sp³-hybridized carbons (Fsp3) is 0.188. The molecule has 3 nitrogen and oxygen atoms in total. The topological polar surface area (TPSA) is 41.1 Å². The predicted molar refractivity (Wildman–Crippen MR) is 88.4 cm³/mol. The van der Waals surface area contributed by atoms with Gasteiger partial charge in [0.25, 0.3) is 0 Å². The maximum absolute atomic E-state index is 11.8. The largest absolute Gasteiger partial charge is 0.338 e. The summed E-state index contributed by atoms with van der Waals surface area (Å²) >= 11 is 11.8. The van der Waals surface area contributed by atoms with Crippen molar-refractivity contribution in [2.24, 2.45) is 0 Å². The van der Waals surface area contributed by atoms with Crippen LogP contribution in [0.3, 0.4) is 0 Å². The van der Waals surface area contributed by atoms with Crippen molar-refractivity contribution in [3.8, 4) is 0 Å². The zero-order valence-corrected chi connectivity index (χ0v) is 13.1. The van der Waals surface area contributed by atoms with Crippen LogP contribution in [0.5, 0.6) is 0 Å². The van der Waals surface area contributed by atoms with Crippen LogP contribution < -0.4 is 10.6 Å². The maximum Gasteiger partial charge on any atom is 0.319 e. The molecule has 2 N–H and O–H groups in total. The van der Waals surface area contributed by atoms with Gasteiger partial charge >= 0.3 is 6.03 Å². The molecule has 0 atom stereocenters. The number of benzene rings is 2. The normalized spacial score (nSPS) is 10.2. The van der Waals surface area contributed by atoms with Crippen LogP contribution in [-0.4, -0.2) is 12.6 Å². The first kappa shape index (κ1) is 15.7. The molecule has 2 rings (SSSR count). The van der Waals surface area contributed by atoms with Crippen molar-refractivity contribution in [2.75, 3.05) is 11.9 Å². The SMILES string of the molecule is Cc1cccc(CCNC(=O)Nc2ccc(Cl)cc2Cl)c1. The first-order valence-electron chi connectivity index (χ1n) is 6.60. The number of carbonyl (C=O) groups is 1. The number of aryl methyl sites for hydroxylation is 1. The van der Waals surface area contributed by atoms with Gasteiger partial charge in [-0.2, -0.15) is 0 Å². The first-order chi connectivity index (χ1) is 10.0. The average Bonchev–Trinajstić information content (AvgIpc) is 2.42. The van der Waals surface area contributed by atoms with Crippen molar-refractivity contribution in [3.63, 3.8) is 0 Å². The van der Waals surface area contributed by atoms with E-state index in [0.29, 0.717) is 22.3 Å². The Morgan fingerprint density at radius 2 is 1.95 bits per heavy atom. The Hall–Kier alpha value is -1.71. The molecule has 2 aromatic rings. The maximum atomic E-state index is 11.8. The summed E-state index contributed by atoms with van der Waals surface area (Å²) in [6.07, 6.45) is 0.781. The molecular formula is C16H16Cl2N2O. The molecule has 0 fully saturated rings. The Labute approximate surface area is 134 Å². The molecule has 0 aromatic heterocycles. The molecule has 0 radical (unpaired) electrons. The van der Waals surface area contributed by atoms with Crippen molar-refractivity contribution < 1.29 is 4.79 Å². The molecule has 2 amide bonds. The molecule has 0 saturated carbocycles. The molecule has 0 saturated heterocycles. The highest BCUT2D eigenvalue weighted by Gasteiger charge is 2.05. The molecule has 0 unspecified atom stereocenters. The van der Waals surface area contributed by atoms with Gasteiger partial charge in [0.2, 0.25) is 0 Å². The number of amides is 2. The molecule has 2 aromatic carbocycles. The van der Waals surface area contributed by atoms with Crippen LogP contribution in [0.25, 0.3) is 0 Å². The fourth-order valence-corrected chi connectivity index (χ4v) is 2.40. The van der Waals surface area contributed by atoms with Crippen LogP contribution in [-0.2, 0) is 6.42 Å². The highest BCUT2D eigenvalue weighted by atomic mass is 35.5. The highest BCUT2D eigenvalue weighted by molar-refractivity contribution is 6.36.